The summed E-state index contributed by atoms with van der Waals surface area (Å²) in [7, 11) is 0. The molecule has 6 heteroatoms. The van der Waals surface area contributed by atoms with Crippen molar-refractivity contribution >= 4 is 6.09 Å². The van der Waals surface area contributed by atoms with Crippen molar-refractivity contribution in [3.05, 3.63) is 78.6 Å². The molecule has 6 nitrogen and oxygen atoms in total. The number of hydrogen-bond acceptors (Lipinski definition) is 5. The number of benzene rings is 1. The van der Waals surface area contributed by atoms with Gasteiger partial charge in [-0.15, -0.1) is 0 Å². The monoisotopic (exact) mass is 318 g/mol. The van der Waals surface area contributed by atoms with Crippen LogP contribution in [0.3, 0.4) is 0 Å². The van der Waals surface area contributed by atoms with E-state index in [0.717, 1.165) is 16.7 Å². The average molecular weight is 318 g/mol. The van der Waals surface area contributed by atoms with Crippen LogP contribution >= 0.6 is 0 Å². The first-order valence-electron chi connectivity index (χ1n) is 7.55. The molecule has 3 aromatic rings. The van der Waals surface area contributed by atoms with Crippen LogP contribution in [0.4, 0.5) is 4.79 Å². The highest BCUT2D eigenvalue weighted by Crippen LogP contribution is 2.36. The lowest BCUT2D eigenvalue weighted by Gasteiger charge is -2.17. The van der Waals surface area contributed by atoms with E-state index in [1.165, 1.54) is 6.33 Å². The van der Waals surface area contributed by atoms with Crippen LogP contribution in [0.15, 0.2) is 67.4 Å². The molecule has 24 heavy (non-hydrogen) atoms. The minimum Gasteiger partial charge on any atom is -0.437 e. The lowest BCUT2D eigenvalue weighted by molar-refractivity contribution is 0.129. The Balaban J connectivity index is 1.71. The van der Waals surface area contributed by atoms with Crippen molar-refractivity contribution < 1.29 is 9.53 Å². The van der Waals surface area contributed by atoms with Gasteiger partial charge >= 0.3 is 6.09 Å². The van der Waals surface area contributed by atoms with Gasteiger partial charge < -0.3 is 10.1 Å². The van der Waals surface area contributed by atoms with Gasteiger partial charge in [-0.25, -0.2) is 14.8 Å². The van der Waals surface area contributed by atoms with E-state index in [-0.39, 0.29) is 6.04 Å². The van der Waals surface area contributed by atoms with E-state index in [9.17, 15) is 4.79 Å². The topological polar surface area (TPSA) is 77.0 Å². The molecule has 1 saturated heterocycles. The van der Waals surface area contributed by atoms with Gasteiger partial charge in [0.2, 0.25) is 0 Å². The highest BCUT2D eigenvalue weighted by atomic mass is 16.6. The van der Waals surface area contributed by atoms with Gasteiger partial charge in [0.05, 0.1) is 5.69 Å². The minimum atomic E-state index is -0.506. The molecule has 0 radical (unpaired) electrons. The zero-order chi connectivity index (χ0) is 16.4. The predicted octanol–water partition coefficient (Wildman–Crippen LogP) is 3.06. The highest BCUT2D eigenvalue weighted by Gasteiger charge is 2.37. The van der Waals surface area contributed by atoms with Gasteiger partial charge in [-0.2, -0.15) is 0 Å². The van der Waals surface area contributed by atoms with Crippen molar-refractivity contribution in [2.75, 3.05) is 0 Å². The van der Waals surface area contributed by atoms with Crippen molar-refractivity contribution in [3.63, 3.8) is 0 Å². The molecule has 1 aliphatic rings. The number of cyclic esters (lactones) is 1. The second kappa shape index (κ2) is 6.08. The van der Waals surface area contributed by atoms with Gasteiger partial charge in [0, 0.05) is 24.2 Å². The summed E-state index contributed by atoms with van der Waals surface area (Å²) in [5.41, 5.74) is 3.57. The van der Waals surface area contributed by atoms with Gasteiger partial charge in [0.1, 0.15) is 12.4 Å². The third-order valence-corrected chi connectivity index (χ3v) is 3.93. The molecule has 1 N–H and O–H groups in total. The lowest BCUT2D eigenvalue weighted by Crippen LogP contribution is -2.20. The molecular formula is C18H14N4O2. The van der Waals surface area contributed by atoms with Crippen LogP contribution in [0.25, 0.3) is 11.1 Å². The Kier molecular flexibility index (Phi) is 3.63. The number of alkyl carbamates (subject to hydrolysis) is 1. The molecule has 3 heterocycles. The second-order valence-electron chi connectivity index (χ2n) is 5.46. The number of nitrogens with zero attached hydrogens (tertiary/aromatic N) is 3. The Bertz CT molecular complexity index is 855. The fourth-order valence-corrected chi connectivity index (χ4v) is 2.79. The van der Waals surface area contributed by atoms with E-state index in [2.05, 4.69) is 20.3 Å². The summed E-state index contributed by atoms with van der Waals surface area (Å²) < 4.78 is 5.39. The van der Waals surface area contributed by atoms with Crippen LogP contribution in [-0.2, 0) is 4.74 Å². The van der Waals surface area contributed by atoms with E-state index in [4.69, 9.17) is 4.74 Å². The smallest absolute Gasteiger partial charge is 0.408 e. The summed E-state index contributed by atoms with van der Waals surface area (Å²) in [6, 6.07) is 13.4. The van der Waals surface area contributed by atoms with E-state index < -0.39 is 12.2 Å². The molecule has 4 rings (SSSR count). The van der Waals surface area contributed by atoms with E-state index in [0.29, 0.717) is 5.69 Å². The zero-order valence-electron chi connectivity index (χ0n) is 12.7. The Morgan fingerprint density at radius 2 is 1.88 bits per heavy atom. The summed E-state index contributed by atoms with van der Waals surface area (Å²) in [6.07, 6.45) is 5.64. The van der Waals surface area contributed by atoms with Crippen molar-refractivity contribution in [3.8, 4) is 11.1 Å². The van der Waals surface area contributed by atoms with Gasteiger partial charge in [0.15, 0.2) is 6.10 Å². The first-order chi connectivity index (χ1) is 11.8. The van der Waals surface area contributed by atoms with Gasteiger partial charge in [-0.3, -0.25) is 4.98 Å². The molecule has 1 aliphatic heterocycles. The largest absolute Gasteiger partial charge is 0.437 e. The first-order valence-corrected chi connectivity index (χ1v) is 7.55. The number of rotatable bonds is 3. The zero-order valence-corrected chi connectivity index (χ0v) is 12.7. The second-order valence-corrected chi connectivity index (χ2v) is 5.46. The number of aromatic nitrogens is 3. The number of pyridine rings is 1. The number of amides is 1. The van der Waals surface area contributed by atoms with Crippen LogP contribution < -0.4 is 5.32 Å². The van der Waals surface area contributed by atoms with Crippen LogP contribution in [0.2, 0.25) is 0 Å². The number of nitrogens with one attached hydrogen (secondary N) is 1. The van der Waals surface area contributed by atoms with Gasteiger partial charge in [-0.1, -0.05) is 30.3 Å². The number of ether oxygens (including phenoxy) is 1. The molecule has 118 valence electrons. The summed E-state index contributed by atoms with van der Waals surface area (Å²) in [5, 5.41) is 2.84. The maximum Gasteiger partial charge on any atom is 0.408 e. The van der Waals surface area contributed by atoms with Crippen molar-refractivity contribution in [1.29, 1.82) is 0 Å². The Morgan fingerprint density at radius 1 is 1.00 bits per heavy atom. The third-order valence-electron chi connectivity index (χ3n) is 3.93. The van der Waals surface area contributed by atoms with Crippen LogP contribution in [-0.4, -0.2) is 21.0 Å². The van der Waals surface area contributed by atoms with Crippen molar-refractivity contribution in [1.82, 2.24) is 20.3 Å². The molecule has 0 aliphatic carbocycles. The Morgan fingerprint density at radius 3 is 2.67 bits per heavy atom. The van der Waals surface area contributed by atoms with Crippen molar-refractivity contribution in [2.24, 2.45) is 0 Å². The lowest BCUT2D eigenvalue weighted by atomic mass is 9.98. The summed E-state index contributed by atoms with van der Waals surface area (Å²) in [6.45, 7) is 0. The molecule has 0 saturated carbocycles. The van der Waals surface area contributed by atoms with Crippen LogP contribution in [0, 0.1) is 0 Å². The molecule has 2 aromatic heterocycles. The minimum absolute atomic E-state index is 0.344. The summed E-state index contributed by atoms with van der Waals surface area (Å²) in [5.74, 6) is 0. The third kappa shape index (κ3) is 2.69. The maximum absolute atomic E-state index is 11.8. The maximum atomic E-state index is 11.8. The quantitative estimate of drug-likeness (QED) is 0.803. The molecule has 2 atom stereocenters. The van der Waals surface area contributed by atoms with Gasteiger partial charge in [-0.05, 0) is 23.3 Å². The van der Waals surface area contributed by atoms with E-state index in [1.807, 2.05) is 36.4 Å². The fraction of sp³-hybridized carbons (Fsp3) is 0.111. The van der Waals surface area contributed by atoms with E-state index >= 15 is 0 Å². The molecule has 1 aromatic carbocycles. The number of carbonyl (C=O) groups excluding carboxylic acids is 1. The molecule has 0 bridgehead atoms. The standard InChI is InChI=1S/C18H14N4O2/c23-18-22-16(17(24-18)15-6-7-19-11-21-15)14-8-13(9-20-10-14)12-4-2-1-3-5-12/h1-11,16-17H,(H,22,23)/t16-,17-/m1/s1. The fourth-order valence-electron chi connectivity index (χ4n) is 2.79. The predicted molar refractivity (Wildman–Crippen MR) is 86.8 cm³/mol. The molecule has 0 spiro atoms. The van der Waals surface area contributed by atoms with Gasteiger partial charge in [0.25, 0.3) is 0 Å². The number of carbonyl (C=O) groups is 1. The first kappa shape index (κ1) is 14.3. The van der Waals surface area contributed by atoms with Crippen LogP contribution in [0.1, 0.15) is 23.4 Å². The molecule has 0 unspecified atom stereocenters. The van der Waals surface area contributed by atoms with Crippen molar-refractivity contribution in [2.45, 2.75) is 12.1 Å². The summed E-state index contributed by atoms with van der Waals surface area (Å²) >= 11 is 0. The average Bonchev–Trinajstić information content (AvgIpc) is 3.05. The highest BCUT2D eigenvalue weighted by molar-refractivity contribution is 5.71. The molecule has 1 fully saturated rings. The SMILES string of the molecule is O=C1N[C@H](c2cncc(-c3ccccc3)c2)[C@@H](c2ccncn2)O1. The molecular weight excluding hydrogens is 304 g/mol. The van der Waals surface area contributed by atoms with E-state index in [1.54, 1.807) is 24.7 Å². The van der Waals surface area contributed by atoms with Crippen LogP contribution in [0.5, 0.6) is 0 Å². The Hall–Kier alpha value is -3.28. The molecule has 1 amide bonds. The Labute approximate surface area is 138 Å². The normalized spacial score (nSPS) is 19.6. The summed E-state index contributed by atoms with van der Waals surface area (Å²) in [4.78, 5) is 24.2. The number of hydrogen-bond donors (Lipinski definition) is 1.